The molecule has 15 heavy (non-hydrogen) atoms. The number of nitrogens with zero attached hydrogens (tertiary/aromatic N) is 1. The van der Waals surface area contributed by atoms with Crippen molar-refractivity contribution in [2.45, 2.75) is 71.1 Å². The lowest BCUT2D eigenvalue weighted by Crippen LogP contribution is -1.76. The molecule has 1 heteroatoms. The first kappa shape index (κ1) is 14.2. The molecule has 0 aromatic carbocycles. The van der Waals surface area contributed by atoms with Crippen molar-refractivity contribution in [3.05, 3.63) is 12.2 Å². The Labute approximate surface area is 95.2 Å². The van der Waals surface area contributed by atoms with Crippen molar-refractivity contribution in [2.75, 3.05) is 0 Å². The highest BCUT2D eigenvalue weighted by Gasteiger charge is 1.87. The second-order valence-electron chi connectivity index (χ2n) is 4.08. The van der Waals surface area contributed by atoms with Crippen LogP contribution >= 0.6 is 0 Å². The van der Waals surface area contributed by atoms with Crippen molar-refractivity contribution in [2.24, 2.45) is 0 Å². The summed E-state index contributed by atoms with van der Waals surface area (Å²) in [7, 11) is 0. The SMILES string of the molecule is CCCCCC/C=C\CCCCCC#N. The molecule has 86 valence electrons. The highest BCUT2D eigenvalue weighted by molar-refractivity contribution is 4.81. The van der Waals surface area contributed by atoms with Crippen LogP contribution in [0.3, 0.4) is 0 Å². The van der Waals surface area contributed by atoms with E-state index in [1.165, 1.54) is 51.4 Å². The first-order valence-corrected chi connectivity index (χ1v) is 6.43. The molecule has 0 saturated heterocycles. The van der Waals surface area contributed by atoms with Crippen molar-refractivity contribution in [1.82, 2.24) is 0 Å². The molecule has 0 aromatic heterocycles. The Bertz CT molecular complexity index is 176. The Morgan fingerprint density at radius 3 is 2.00 bits per heavy atom. The predicted molar refractivity (Wildman–Crippen MR) is 66.6 cm³/mol. The summed E-state index contributed by atoms with van der Waals surface area (Å²) in [6, 6.07) is 2.18. The third kappa shape index (κ3) is 13.2. The van der Waals surface area contributed by atoms with Crippen LogP contribution in [0.15, 0.2) is 12.2 Å². The van der Waals surface area contributed by atoms with Gasteiger partial charge < -0.3 is 0 Å². The van der Waals surface area contributed by atoms with Gasteiger partial charge in [0.05, 0.1) is 6.07 Å². The Morgan fingerprint density at radius 1 is 0.867 bits per heavy atom. The summed E-state index contributed by atoms with van der Waals surface area (Å²) in [6.07, 6.45) is 16.7. The van der Waals surface area contributed by atoms with E-state index in [0.29, 0.717) is 0 Å². The summed E-state index contributed by atoms with van der Waals surface area (Å²) in [5.74, 6) is 0. The van der Waals surface area contributed by atoms with Gasteiger partial charge in [0.1, 0.15) is 0 Å². The summed E-state index contributed by atoms with van der Waals surface area (Å²) in [4.78, 5) is 0. The van der Waals surface area contributed by atoms with Crippen LogP contribution in [0.4, 0.5) is 0 Å². The molecule has 0 radical (unpaired) electrons. The van der Waals surface area contributed by atoms with Gasteiger partial charge in [0.15, 0.2) is 0 Å². The molecule has 0 bridgehead atoms. The normalized spacial score (nSPS) is 10.7. The molecule has 0 fully saturated rings. The Hall–Kier alpha value is -0.770. The predicted octanol–water partition coefficient (Wildman–Crippen LogP) is 4.99. The fourth-order valence-electron chi connectivity index (χ4n) is 1.57. The van der Waals surface area contributed by atoms with Crippen molar-refractivity contribution >= 4 is 0 Å². The molecule has 0 N–H and O–H groups in total. The Kier molecular flexibility index (Phi) is 12.6. The molecule has 0 spiro atoms. The van der Waals surface area contributed by atoms with E-state index in [1.807, 2.05) is 0 Å². The summed E-state index contributed by atoms with van der Waals surface area (Å²) in [5, 5.41) is 8.35. The largest absolute Gasteiger partial charge is 0.198 e. The standard InChI is InChI=1S/C14H25N/c1-2-3-4-5-6-7-8-9-10-11-12-13-14-15/h7-8H,2-6,9-13H2,1H3/b8-7-. The molecular formula is C14H25N. The van der Waals surface area contributed by atoms with Crippen LogP contribution in [0.2, 0.25) is 0 Å². The number of rotatable bonds is 10. The van der Waals surface area contributed by atoms with E-state index in [4.69, 9.17) is 5.26 Å². The Morgan fingerprint density at radius 2 is 1.47 bits per heavy atom. The fourth-order valence-corrected chi connectivity index (χ4v) is 1.57. The first-order chi connectivity index (χ1) is 7.41. The number of unbranched alkanes of at least 4 members (excludes halogenated alkanes) is 8. The highest BCUT2D eigenvalue weighted by atomic mass is 14.2. The molecule has 0 unspecified atom stereocenters. The van der Waals surface area contributed by atoms with Gasteiger partial charge in [-0.2, -0.15) is 5.26 Å². The smallest absolute Gasteiger partial charge is 0.0621 e. The quantitative estimate of drug-likeness (QED) is 0.366. The maximum Gasteiger partial charge on any atom is 0.0621 e. The minimum Gasteiger partial charge on any atom is -0.198 e. The molecule has 0 aliphatic heterocycles. The van der Waals surface area contributed by atoms with Gasteiger partial charge in [-0.15, -0.1) is 0 Å². The van der Waals surface area contributed by atoms with Gasteiger partial charge in [0.25, 0.3) is 0 Å². The Balaban J connectivity index is 3.01. The molecule has 0 aliphatic rings. The molecule has 0 heterocycles. The van der Waals surface area contributed by atoms with Crippen LogP contribution in [-0.4, -0.2) is 0 Å². The number of nitriles is 1. The van der Waals surface area contributed by atoms with Crippen LogP contribution in [0.25, 0.3) is 0 Å². The first-order valence-electron chi connectivity index (χ1n) is 6.43. The van der Waals surface area contributed by atoms with Gasteiger partial charge >= 0.3 is 0 Å². The lowest BCUT2D eigenvalue weighted by molar-refractivity contribution is 0.671. The van der Waals surface area contributed by atoms with Crippen molar-refractivity contribution in [1.29, 1.82) is 5.26 Å². The molecule has 0 aliphatic carbocycles. The van der Waals surface area contributed by atoms with E-state index in [0.717, 1.165) is 12.8 Å². The van der Waals surface area contributed by atoms with Crippen LogP contribution in [-0.2, 0) is 0 Å². The zero-order valence-corrected chi connectivity index (χ0v) is 10.2. The van der Waals surface area contributed by atoms with E-state index >= 15 is 0 Å². The monoisotopic (exact) mass is 207 g/mol. The zero-order chi connectivity index (χ0) is 11.2. The third-order valence-corrected chi connectivity index (χ3v) is 2.55. The summed E-state index contributed by atoms with van der Waals surface area (Å²) < 4.78 is 0. The van der Waals surface area contributed by atoms with Crippen LogP contribution in [0.5, 0.6) is 0 Å². The van der Waals surface area contributed by atoms with E-state index < -0.39 is 0 Å². The van der Waals surface area contributed by atoms with Gasteiger partial charge in [-0.1, -0.05) is 44.8 Å². The van der Waals surface area contributed by atoms with Gasteiger partial charge in [-0.25, -0.2) is 0 Å². The van der Waals surface area contributed by atoms with Crippen LogP contribution < -0.4 is 0 Å². The average Bonchev–Trinajstić information content (AvgIpc) is 2.26. The van der Waals surface area contributed by atoms with Crippen LogP contribution in [0, 0.1) is 11.3 Å². The second kappa shape index (κ2) is 13.2. The van der Waals surface area contributed by atoms with Gasteiger partial charge in [0.2, 0.25) is 0 Å². The van der Waals surface area contributed by atoms with Crippen molar-refractivity contribution in [3.63, 3.8) is 0 Å². The maximum absolute atomic E-state index is 8.35. The molecular weight excluding hydrogens is 182 g/mol. The molecule has 0 aromatic rings. The molecule has 0 rings (SSSR count). The number of allylic oxidation sites excluding steroid dienone is 2. The van der Waals surface area contributed by atoms with Crippen LogP contribution in [0.1, 0.15) is 71.1 Å². The fraction of sp³-hybridized carbons (Fsp3) is 0.786. The van der Waals surface area contributed by atoms with Crippen molar-refractivity contribution < 1.29 is 0 Å². The minimum absolute atomic E-state index is 0.723. The number of hydrogen-bond donors (Lipinski definition) is 0. The van der Waals surface area contributed by atoms with E-state index in [-0.39, 0.29) is 0 Å². The van der Waals surface area contributed by atoms with E-state index in [9.17, 15) is 0 Å². The molecule has 0 amide bonds. The van der Waals surface area contributed by atoms with Gasteiger partial charge in [-0.05, 0) is 32.1 Å². The topological polar surface area (TPSA) is 23.8 Å². The summed E-state index contributed by atoms with van der Waals surface area (Å²) >= 11 is 0. The number of hydrogen-bond acceptors (Lipinski definition) is 1. The lowest BCUT2D eigenvalue weighted by Gasteiger charge is -1.95. The molecule has 1 nitrogen and oxygen atoms in total. The van der Waals surface area contributed by atoms with Crippen molar-refractivity contribution in [3.8, 4) is 6.07 Å². The highest BCUT2D eigenvalue weighted by Crippen LogP contribution is 2.06. The lowest BCUT2D eigenvalue weighted by atomic mass is 10.1. The second-order valence-corrected chi connectivity index (χ2v) is 4.08. The molecule has 0 atom stereocenters. The van der Waals surface area contributed by atoms with E-state index in [1.54, 1.807) is 0 Å². The maximum atomic E-state index is 8.35. The summed E-state index contributed by atoms with van der Waals surface area (Å²) in [6.45, 7) is 2.25. The summed E-state index contributed by atoms with van der Waals surface area (Å²) in [5.41, 5.74) is 0. The third-order valence-electron chi connectivity index (χ3n) is 2.55. The van der Waals surface area contributed by atoms with Gasteiger partial charge in [0, 0.05) is 6.42 Å². The van der Waals surface area contributed by atoms with E-state index in [2.05, 4.69) is 25.1 Å². The minimum atomic E-state index is 0.723. The molecule has 0 saturated carbocycles. The zero-order valence-electron chi connectivity index (χ0n) is 10.2. The average molecular weight is 207 g/mol. The van der Waals surface area contributed by atoms with Gasteiger partial charge in [-0.3, -0.25) is 0 Å².